The second kappa shape index (κ2) is 7.60. The van der Waals surface area contributed by atoms with E-state index in [2.05, 4.69) is 0 Å². The lowest BCUT2D eigenvalue weighted by Crippen LogP contribution is -2.50. The van der Waals surface area contributed by atoms with Gasteiger partial charge in [0.1, 0.15) is 0 Å². The Bertz CT molecular complexity index is 927. The number of sulfonamides is 1. The topological polar surface area (TPSA) is 57.7 Å². The van der Waals surface area contributed by atoms with Gasteiger partial charge in [-0.05, 0) is 41.7 Å². The minimum Gasteiger partial charge on any atom is -0.340 e. The molecule has 1 saturated heterocycles. The largest absolute Gasteiger partial charge is 0.340 e. The SMILES string of the molecule is O=C(CC1CCCC1)N1CCN(S(=O)(=O)c2ccc3ccccc3c2)CC1. The van der Waals surface area contributed by atoms with Gasteiger partial charge in [0.15, 0.2) is 0 Å². The van der Waals surface area contributed by atoms with E-state index in [1.165, 1.54) is 17.1 Å². The molecule has 0 bridgehead atoms. The minimum absolute atomic E-state index is 0.185. The molecule has 144 valence electrons. The molecule has 2 fully saturated rings. The molecule has 5 nitrogen and oxygen atoms in total. The average Bonchev–Trinajstić information content (AvgIpc) is 3.20. The molecule has 6 heteroatoms. The molecule has 0 unspecified atom stereocenters. The van der Waals surface area contributed by atoms with Gasteiger partial charge in [-0.15, -0.1) is 0 Å². The van der Waals surface area contributed by atoms with E-state index in [9.17, 15) is 13.2 Å². The van der Waals surface area contributed by atoms with Crippen LogP contribution in [0.4, 0.5) is 0 Å². The molecule has 0 aromatic heterocycles. The summed E-state index contributed by atoms with van der Waals surface area (Å²) in [5.74, 6) is 0.710. The van der Waals surface area contributed by atoms with Crippen molar-refractivity contribution in [3.8, 4) is 0 Å². The number of hydrogen-bond donors (Lipinski definition) is 0. The zero-order chi connectivity index (χ0) is 18.9. The van der Waals surface area contributed by atoms with Crippen molar-refractivity contribution in [3.63, 3.8) is 0 Å². The number of carbonyl (C=O) groups excluding carboxylic acids is 1. The molecule has 1 aliphatic heterocycles. The van der Waals surface area contributed by atoms with Crippen LogP contribution in [-0.2, 0) is 14.8 Å². The Kier molecular flexibility index (Phi) is 5.19. The van der Waals surface area contributed by atoms with E-state index in [1.807, 2.05) is 35.2 Å². The molecule has 0 radical (unpaired) electrons. The minimum atomic E-state index is -3.53. The number of rotatable bonds is 4. The fraction of sp³-hybridized carbons (Fsp3) is 0.476. The van der Waals surface area contributed by atoms with Crippen LogP contribution >= 0.6 is 0 Å². The lowest BCUT2D eigenvalue weighted by molar-refractivity contribution is -0.133. The Balaban J connectivity index is 1.42. The molecule has 2 aromatic rings. The predicted molar refractivity (Wildman–Crippen MR) is 106 cm³/mol. The zero-order valence-corrected chi connectivity index (χ0v) is 16.3. The van der Waals surface area contributed by atoms with Crippen LogP contribution in [0.3, 0.4) is 0 Å². The van der Waals surface area contributed by atoms with Gasteiger partial charge in [0, 0.05) is 32.6 Å². The van der Waals surface area contributed by atoms with Gasteiger partial charge in [-0.2, -0.15) is 4.31 Å². The van der Waals surface area contributed by atoms with E-state index in [0.717, 1.165) is 23.6 Å². The van der Waals surface area contributed by atoms with Gasteiger partial charge in [0.05, 0.1) is 4.90 Å². The first-order valence-electron chi connectivity index (χ1n) is 9.81. The fourth-order valence-corrected chi connectivity index (χ4v) is 5.70. The Morgan fingerprint density at radius 1 is 0.926 bits per heavy atom. The first-order chi connectivity index (χ1) is 13.0. The highest BCUT2D eigenvalue weighted by molar-refractivity contribution is 7.89. The van der Waals surface area contributed by atoms with Crippen molar-refractivity contribution < 1.29 is 13.2 Å². The van der Waals surface area contributed by atoms with Gasteiger partial charge in [-0.25, -0.2) is 8.42 Å². The summed E-state index contributed by atoms with van der Waals surface area (Å²) in [4.78, 5) is 14.6. The van der Waals surface area contributed by atoms with Crippen LogP contribution in [0, 0.1) is 5.92 Å². The molecular formula is C21H26N2O3S. The monoisotopic (exact) mass is 386 g/mol. The molecule has 0 N–H and O–H groups in total. The second-order valence-corrected chi connectivity index (χ2v) is 9.59. The fourth-order valence-electron chi connectivity index (χ4n) is 4.25. The summed E-state index contributed by atoms with van der Waals surface area (Å²) in [7, 11) is -3.53. The summed E-state index contributed by atoms with van der Waals surface area (Å²) in [5.41, 5.74) is 0. The summed E-state index contributed by atoms with van der Waals surface area (Å²) in [6.45, 7) is 1.70. The van der Waals surface area contributed by atoms with Gasteiger partial charge < -0.3 is 4.90 Å². The summed E-state index contributed by atoms with van der Waals surface area (Å²) in [6.07, 6.45) is 5.40. The smallest absolute Gasteiger partial charge is 0.243 e. The van der Waals surface area contributed by atoms with Crippen LogP contribution in [0.2, 0.25) is 0 Å². The third kappa shape index (κ3) is 3.87. The Labute approximate surface area is 161 Å². The number of hydrogen-bond acceptors (Lipinski definition) is 3. The van der Waals surface area contributed by atoms with E-state index in [4.69, 9.17) is 0 Å². The molecule has 1 aliphatic carbocycles. The maximum absolute atomic E-state index is 13.0. The summed E-state index contributed by atoms with van der Waals surface area (Å²) < 4.78 is 27.5. The highest BCUT2D eigenvalue weighted by Gasteiger charge is 2.31. The van der Waals surface area contributed by atoms with Crippen LogP contribution in [0.1, 0.15) is 32.1 Å². The third-order valence-corrected chi connectivity index (χ3v) is 7.78. The summed E-state index contributed by atoms with van der Waals surface area (Å²) >= 11 is 0. The molecule has 27 heavy (non-hydrogen) atoms. The Morgan fingerprint density at radius 3 is 2.30 bits per heavy atom. The first kappa shape index (κ1) is 18.4. The van der Waals surface area contributed by atoms with Gasteiger partial charge in [0.25, 0.3) is 0 Å². The van der Waals surface area contributed by atoms with Gasteiger partial charge in [-0.3, -0.25) is 4.79 Å². The van der Waals surface area contributed by atoms with Gasteiger partial charge in [-0.1, -0.05) is 43.2 Å². The molecule has 0 atom stereocenters. The van der Waals surface area contributed by atoms with Crippen molar-refractivity contribution >= 4 is 26.7 Å². The van der Waals surface area contributed by atoms with Gasteiger partial charge >= 0.3 is 0 Å². The van der Waals surface area contributed by atoms with Crippen LogP contribution in [0.25, 0.3) is 10.8 Å². The highest BCUT2D eigenvalue weighted by Crippen LogP contribution is 2.28. The number of fused-ring (bicyclic) bond motifs is 1. The van der Waals surface area contributed by atoms with Crippen LogP contribution in [0.5, 0.6) is 0 Å². The van der Waals surface area contributed by atoms with Gasteiger partial charge in [0.2, 0.25) is 15.9 Å². The van der Waals surface area contributed by atoms with Crippen molar-refractivity contribution in [2.45, 2.75) is 37.0 Å². The van der Waals surface area contributed by atoms with Crippen molar-refractivity contribution in [2.24, 2.45) is 5.92 Å². The molecule has 2 aromatic carbocycles. The van der Waals surface area contributed by atoms with Crippen molar-refractivity contribution in [1.29, 1.82) is 0 Å². The van der Waals surface area contributed by atoms with E-state index in [0.29, 0.717) is 43.4 Å². The number of benzene rings is 2. The van der Waals surface area contributed by atoms with Crippen LogP contribution < -0.4 is 0 Å². The summed E-state index contributed by atoms with van der Waals surface area (Å²) in [6, 6.07) is 13.0. The molecule has 2 aliphatic rings. The van der Waals surface area contributed by atoms with E-state index >= 15 is 0 Å². The standard InChI is InChI=1S/C21H26N2O3S/c24-21(15-17-5-1-2-6-17)22-11-13-23(14-12-22)27(25,26)20-10-9-18-7-3-4-8-19(18)16-20/h3-4,7-10,16-17H,1-2,5-6,11-15H2. The lowest BCUT2D eigenvalue weighted by atomic mass is 10.0. The highest BCUT2D eigenvalue weighted by atomic mass is 32.2. The predicted octanol–water partition coefficient (Wildman–Crippen LogP) is 3.25. The van der Waals surface area contributed by atoms with Crippen molar-refractivity contribution in [1.82, 2.24) is 9.21 Å². The second-order valence-electron chi connectivity index (χ2n) is 7.65. The zero-order valence-electron chi connectivity index (χ0n) is 15.5. The number of piperazine rings is 1. The molecular weight excluding hydrogens is 360 g/mol. The maximum atomic E-state index is 13.0. The molecule has 1 heterocycles. The third-order valence-electron chi connectivity index (χ3n) is 5.89. The molecule has 1 amide bonds. The Hall–Kier alpha value is -1.92. The molecule has 0 spiro atoms. The number of amides is 1. The number of nitrogens with zero attached hydrogens (tertiary/aromatic N) is 2. The lowest BCUT2D eigenvalue weighted by Gasteiger charge is -2.34. The maximum Gasteiger partial charge on any atom is 0.243 e. The normalized spacial score (nSPS) is 19.6. The van der Waals surface area contributed by atoms with Crippen LogP contribution in [0.15, 0.2) is 47.4 Å². The van der Waals surface area contributed by atoms with E-state index in [-0.39, 0.29) is 5.91 Å². The number of carbonyl (C=O) groups is 1. The Morgan fingerprint density at radius 2 is 1.59 bits per heavy atom. The van der Waals surface area contributed by atoms with Crippen molar-refractivity contribution in [2.75, 3.05) is 26.2 Å². The first-order valence-corrected chi connectivity index (χ1v) is 11.2. The van der Waals surface area contributed by atoms with E-state index < -0.39 is 10.0 Å². The van der Waals surface area contributed by atoms with Crippen molar-refractivity contribution in [3.05, 3.63) is 42.5 Å². The molecule has 4 rings (SSSR count). The van der Waals surface area contributed by atoms with E-state index in [1.54, 1.807) is 12.1 Å². The summed E-state index contributed by atoms with van der Waals surface area (Å²) in [5, 5.41) is 1.95. The van der Waals surface area contributed by atoms with Crippen LogP contribution in [-0.4, -0.2) is 49.7 Å². The molecule has 1 saturated carbocycles. The quantitative estimate of drug-likeness (QED) is 0.810. The average molecular weight is 387 g/mol.